The van der Waals surface area contributed by atoms with Crippen LogP contribution in [-0.4, -0.2) is 24.7 Å². The van der Waals surface area contributed by atoms with E-state index in [9.17, 15) is 0 Å². The molecule has 0 radical (unpaired) electrons. The second-order valence-electron chi connectivity index (χ2n) is 4.27. The number of nitrogens with zero attached hydrogens (tertiary/aromatic N) is 1. The molecule has 0 spiro atoms. The number of aromatic nitrogens is 1. The number of methoxy groups -OCH3 is 1. The van der Waals surface area contributed by atoms with Gasteiger partial charge in [-0.3, -0.25) is 0 Å². The van der Waals surface area contributed by atoms with Gasteiger partial charge in [0.05, 0.1) is 7.11 Å². The van der Waals surface area contributed by atoms with Gasteiger partial charge in [0.25, 0.3) is 0 Å². The zero-order valence-electron chi connectivity index (χ0n) is 10.5. The number of ether oxygens (including phenoxy) is 1. The van der Waals surface area contributed by atoms with Gasteiger partial charge in [-0.2, -0.15) is 0 Å². The molecule has 2 rings (SSSR count). The molecular weight excluding hydrogens is 216 g/mol. The highest BCUT2D eigenvalue weighted by Crippen LogP contribution is 2.25. The van der Waals surface area contributed by atoms with Crippen LogP contribution in [-0.2, 0) is 6.42 Å². The van der Waals surface area contributed by atoms with Crippen LogP contribution in [0.2, 0.25) is 0 Å². The Morgan fingerprint density at radius 1 is 1.41 bits per heavy atom. The molecule has 0 unspecified atom stereocenters. The number of oxazole rings is 1. The van der Waals surface area contributed by atoms with Crippen LogP contribution in [0.25, 0.3) is 11.1 Å². The van der Waals surface area contributed by atoms with Crippen LogP contribution in [0.4, 0.5) is 0 Å². The van der Waals surface area contributed by atoms with Crippen molar-refractivity contribution < 1.29 is 9.15 Å². The van der Waals surface area contributed by atoms with E-state index in [4.69, 9.17) is 9.15 Å². The Kier molecular flexibility index (Phi) is 3.64. The van der Waals surface area contributed by atoms with Crippen molar-refractivity contribution in [2.75, 3.05) is 13.7 Å². The number of nitrogens with one attached hydrogen (secondary N) is 1. The monoisotopic (exact) mass is 234 g/mol. The molecule has 0 atom stereocenters. The Bertz CT molecular complexity index is 491. The van der Waals surface area contributed by atoms with Crippen LogP contribution >= 0.6 is 0 Å². The van der Waals surface area contributed by atoms with Gasteiger partial charge in [-0.1, -0.05) is 19.9 Å². The SMILES string of the molecule is COc1cccc2oc(CCNC(C)C)nc12. The van der Waals surface area contributed by atoms with Crippen molar-refractivity contribution in [2.24, 2.45) is 0 Å². The van der Waals surface area contributed by atoms with Crippen LogP contribution in [0.1, 0.15) is 19.7 Å². The van der Waals surface area contributed by atoms with E-state index in [1.807, 2.05) is 18.2 Å². The molecule has 0 saturated carbocycles. The molecule has 17 heavy (non-hydrogen) atoms. The van der Waals surface area contributed by atoms with E-state index >= 15 is 0 Å². The molecule has 0 aliphatic heterocycles. The third-order valence-corrected chi connectivity index (χ3v) is 2.54. The Labute approximate surface area is 101 Å². The molecule has 0 saturated heterocycles. The van der Waals surface area contributed by atoms with Crippen molar-refractivity contribution >= 4 is 11.1 Å². The summed E-state index contributed by atoms with van der Waals surface area (Å²) in [6.45, 7) is 5.11. The lowest BCUT2D eigenvalue weighted by atomic mass is 10.3. The predicted molar refractivity (Wildman–Crippen MR) is 67.4 cm³/mol. The summed E-state index contributed by atoms with van der Waals surface area (Å²) in [5.74, 6) is 1.51. The van der Waals surface area contributed by atoms with Crippen LogP contribution < -0.4 is 10.1 Å². The van der Waals surface area contributed by atoms with E-state index in [0.29, 0.717) is 6.04 Å². The molecule has 0 fully saturated rings. The lowest BCUT2D eigenvalue weighted by Gasteiger charge is -2.04. The summed E-state index contributed by atoms with van der Waals surface area (Å²) < 4.78 is 10.9. The summed E-state index contributed by atoms with van der Waals surface area (Å²) in [5, 5.41) is 3.34. The normalized spacial score (nSPS) is 11.3. The molecule has 1 aromatic carbocycles. The average Bonchev–Trinajstić information content (AvgIpc) is 2.70. The highest BCUT2D eigenvalue weighted by molar-refractivity contribution is 5.79. The maximum Gasteiger partial charge on any atom is 0.196 e. The van der Waals surface area contributed by atoms with Crippen molar-refractivity contribution in [3.8, 4) is 5.75 Å². The summed E-state index contributed by atoms with van der Waals surface area (Å²) >= 11 is 0. The van der Waals surface area contributed by atoms with Gasteiger partial charge in [0.15, 0.2) is 17.0 Å². The van der Waals surface area contributed by atoms with Crippen LogP contribution in [0.5, 0.6) is 5.75 Å². The Morgan fingerprint density at radius 2 is 2.24 bits per heavy atom. The summed E-state index contributed by atoms with van der Waals surface area (Å²) in [4.78, 5) is 4.45. The maximum absolute atomic E-state index is 5.66. The highest BCUT2D eigenvalue weighted by Gasteiger charge is 2.09. The van der Waals surface area contributed by atoms with E-state index < -0.39 is 0 Å². The fourth-order valence-corrected chi connectivity index (χ4v) is 1.71. The molecule has 1 heterocycles. The molecule has 0 aliphatic carbocycles. The number of fused-ring (bicyclic) bond motifs is 1. The Balaban J connectivity index is 2.14. The van der Waals surface area contributed by atoms with E-state index in [0.717, 1.165) is 35.7 Å². The summed E-state index contributed by atoms with van der Waals surface area (Å²) in [7, 11) is 1.64. The molecule has 2 aromatic rings. The van der Waals surface area contributed by atoms with Gasteiger partial charge in [-0.25, -0.2) is 4.98 Å². The summed E-state index contributed by atoms with van der Waals surface area (Å²) in [6, 6.07) is 6.18. The first-order chi connectivity index (χ1) is 8.20. The van der Waals surface area contributed by atoms with Gasteiger partial charge in [0.2, 0.25) is 0 Å². The molecule has 1 aromatic heterocycles. The predicted octanol–water partition coefficient (Wildman–Crippen LogP) is 2.38. The summed E-state index contributed by atoms with van der Waals surface area (Å²) in [6.07, 6.45) is 0.788. The third kappa shape index (κ3) is 2.77. The fraction of sp³-hybridized carbons (Fsp3) is 0.462. The molecule has 1 N–H and O–H groups in total. The number of rotatable bonds is 5. The van der Waals surface area contributed by atoms with Crippen molar-refractivity contribution in [1.82, 2.24) is 10.3 Å². The van der Waals surface area contributed by atoms with E-state index in [-0.39, 0.29) is 0 Å². The summed E-state index contributed by atoms with van der Waals surface area (Å²) in [5.41, 5.74) is 1.58. The first kappa shape index (κ1) is 11.9. The fourth-order valence-electron chi connectivity index (χ4n) is 1.71. The standard InChI is InChI=1S/C13H18N2O2/c1-9(2)14-8-7-12-15-13-10(16-3)5-4-6-11(13)17-12/h4-6,9,14H,7-8H2,1-3H3. The lowest BCUT2D eigenvalue weighted by Crippen LogP contribution is -2.24. The van der Waals surface area contributed by atoms with Gasteiger partial charge < -0.3 is 14.5 Å². The topological polar surface area (TPSA) is 47.3 Å². The molecule has 92 valence electrons. The van der Waals surface area contributed by atoms with Crippen LogP contribution in [0, 0.1) is 0 Å². The highest BCUT2D eigenvalue weighted by atomic mass is 16.5. The minimum absolute atomic E-state index is 0.480. The van der Waals surface area contributed by atoms with E-state index in [2.05, 4.69) is 24.1 Å². The van der Waals surface area contributed by atoms with Crippen LogP contribution in [0.15, 0.2) is 22.6 Å². The van der Waals surface area contributed by atoms with Crippen molar-refractivity contribution in [2.45, 2.75) is 26.3 Å². The molecule has 0 amide bonds. The first-order valence-corrected chi connectivity index (χ1v) is 5.86. The molecule has 4 nitrogen and oxygen atoms in total. The average molecular weight is 234 g/mol. The maximum atomic E-state index is 5.66. The Hall–Kier alpha value is -1.55. The van der Waals surface area contributed by atoms with Gasteiger partial charge in [-0.15, -0.1) is 0 Å². The number of benzene rings is 1. The third-order valence-electron chi connectivity index (χ3n) is 2.54. The number of hydrogen-bond donors (Lipinski definition) is 1. The second kappa shape index (κ2) is 5.19. The number of para-hydroxylation sites is 1. The van der Waals surface area contributed by atoms with Crippen LogP contribution in [0.3, 0.4) is 0 Å². The molecule has 4 heteroatoms. The van der Waals surface area contributed by atoms with Crippen molar-refractivity contribution in [1.29, 1.82) is 0 Å². The van der Waals surface area contributed by atoms with Gasteiger partial charge >= 0.3 is 0 Å². The minimum atomic E-state index is 0.480. The molecule has 0 bridgehead atoms. The molecule has 0 aliphatic rings. The zero-order valence-corrected chi connectivity index (χ0v) is 10.5. The first-order valence-electron chi connectivity index (χ1n) is 5.86. The van der Waals surface area contributed by atoms with Crippen molar-refractivity contribution in [3.05, 3.63) is 24.1 Å². The Morgan fingerprint density at radius 3 is 2.94 bits per heavy atom. The van der Waals surface area contributed by atoms with E-state index in [1.54, 1.807) is 7.11 Å². The largest absolute Gasteiger partial charge is 0.494 e. The van der Waals surface area contributed by atoms with Crippen molar-refractivity contribution in [3.63, 3.8) is 0 Å². The lowest BCUT2D eigenvalue weighted by molar-refractivity contribution is 0.419. The second-order valence-corrected chi connectivity index (χ2v) is 4.27. The van der Waals surface area contributed by atoms with E-state index in [1.165, 1.54) is 0 Å². The minimum Gasteiger partial charge on any atom is -0.494 e. The zero-order chi connectivity index (χ0) is 12.3. The van der Waals surface area contributed by atoms with Gasteiger partial charge in [0, 0.05) is 19.0 Å². The van der Waals surface area contributed by atoms with Gasteiger partial charge in [-0.05, 0) is 12.1 Å². The smallest absolute Gasteiger partial charge is 0.196 e. The molecular formula is C13H18N2O2. The van der Waals surface area contributed by atoms with Gasteiger partial charge in [0.1, 0.15) is 5.75 Å². The quantitative estimate of drug-likeness (QED) is 0.862. The number of hydrogen-bond acceptors (Lipinski definition) is 4.